The molecule has 8 heteroatoms. The van der Waals surface area contributed by atoms with E-state index in [1.165, 1.54) is 19.3 Å². The van der Waals surface area contributed by atoms with Crippen LogP contribution in [0.5, 0.6) is 0 Å². The Kier molecular flexibility index (Phi) is 6.10. The van der Waals surface area contributed by atoms with Gasteiger partial charge in [0.15, 0.2) is 5.69 Å². The molecule has 1 aromatic carbocycles. The number of piperidine rings is 1. The van der Waals surface area contributed by atoms with Crippen LogP contribution in [0.2, 0.25) is 0 Å². The Hall–Kier alpha value is -2.45. The largest absolute Gasteiger partial charge is 0.468 e. The number of nitrogens with zero attached hydrogens (tertiary/aromatic N) is 4. The first-order chi connectivity index (χ1) is 14.1. The van der Waals surface area contributed by atoms with Crippen molar-refractivity contribution in [1.29, 1.82) is 0 Å². The number of rotatable bonds is 6. The van der Waals surface area contributed by atoms with Gasteiger partial charge in [-0.15, -0.1) is 5.10 Å². The Balaban J connectivity index is 1.48. The number of amides is 1. The molecule has 0 radical (unpaired) electrons. The van der Waals surface area contributed by atoms with Crippen LogP contribution in [0.4, 0.5) is 0 Å². The van der Waals surface area contributed by atoms with Crippen LogP contribution in [0.3, 0.4) is 0 Å². The van der Waals surface area contributed by atoms with E-state index >= 15 is 0 Å². The maximum atomic E-state index is 12.8. The smallest absolute Gasteiger partial charge is 0.273 e. The number of likely N-dealkylation sites (tertiary alicyclic amines) is 1. The van der Waals surface area contributed by atoms with Gasteiger partial charge in [-0.25, -0.2) is 4.68 Å². The number of nitrogens with one attached hydrogen (secondary N) is 1. The fourth-order valence-corrected chi connectivity index (χ4v) is 4.17. The van der Waals surface area contributed by atoms with Gasteiger partial charge < -0.3 is 9.73 Å². The summed E-state index contributed by atoms with van der Waals surface area (Å²) >= 11 is 3.46. The number of hydrogen-bond acceptors (Lipinski definition) is 5. The lowest BCUT2D eigenvalue weighted by molar-refractivity contribution is 0.0908. The maximum Gasteiger partial charge on any atom is 0.273 e. The van der Waals surface area contributed by atoms with Crippen LogP contribution in [0.1, 0.15) is 47.2 Å². The van der Waals surface area contributed by atoms with Crippen molar-refractivity contribution in [2.75, 3.05) is 19.6 Å². The second-order valence-corrected chi connectivity index (χ2v) is 8.17. The summed E-state index contributed by atoms with van der Waals surface area (Å²) < 4.78 is 8.27. The topological polar surface area (TPSA) is 76.2 Å². The van der Waals surface area contributed by atoms with Gasteiger partial charge in [-0.3, -0.25) is 9.69 Å². The number of benzene rings is 1. The predicted octanol–water partition coefficient (Wildman–Crippen LogP) is 3.89. The van der Waals surface area contributed by atoms with Gasteiger partial charge in [-0.05, 0) is 63.2 Å². The average molecular weight is 458 g/mol. The van der Waals surface area contributed by atoms with Crippen LogP contribution in [0, 0.1) is 6.92 Å². The molecular weight excluding hydrogens is 434 g/mol. The molecule has 1 N–H and O–H groups in total. The summed E-state index contributed by atoms with van der Waals surface area (Å²) in [4.78, 5) is 15.2. The minimum Gasteiger partial charge on any atom is -0.468 e. The third-order valence-corrected chi connectivity index (χ3v) is 5.81. The van der Waals surface area contributed by atoms with Gasteiger partial charge in [0, 0.05) is 11.0 Å². The number of hydrogen-bond donors (Lipinski definition) is 1. The van der Waals surface area contributed by atoms with Crippen molar-refractivity contribution in [3.8, 4) is 5.69 Å². The third kappa shape index (κ3) is 4.43. The van der Waals surface area contributed by atoms with Gasteiger partial charge in [-0.1, -0.05) is 33.6 Å². The van der Waals surface area contributed by atoms with Crippen molar-refractivity contribution in [1.82, 2.24) is 25.2 Å². The summed E-state index contributed by atoms with van der Waals surface area (Å²) in [6, 6.07) is 11.6. The van der Waals surface area contributed by atoms with Gasteiger partial charge in [0.1, 0.15) is 5.76 Å². The molecule has 1 fully saturated rings. The molecule has 1 aliphatic rings. The number of aromatic nitrogens is 3. The van der Waals surface area contributed by atoms with Crippen LogP contribution in [0.15, 0.2) is 51.6 Å². The second kappa shape index (κ2) is 8.92. The summed E-state index contributed by atoms with van der Waals surface area (Å²) in [6.07, 6.45) is 5.28. The summed E-state index contributed by atoms with van der Waals surface area (Å²) in [6.45, 7) is 4.35. The van der Waals surface area contributed by atoms with E-state index in [2.05, 4.69) is 36.5 Å². The van der Waals surface area contributed by atoms with Crippen molar-refractivity contribution in [2.24, 2.45) is 0 Å². The van der Waals surface area contributed by atoms with Crippen LogP contribution in [-0.2, 0) is 0 Å². The van der Waals surface area contributed by atoms with E-state index in [1.807, 2.05) is 43.3 Å². The molecule has 3 aromatic rings. The van der Waals surface area contributed by atoms with Crippen LogP contribution >= 0.6 is 15.9 Å². The average Bonchev–Trinajstić information content (AvgIpc) is 3.39. The number of carbonyl (C=O) groups excluding carboxylic acids is 1. The molecule has 2 aromatic heterocycles. The Morgan fingerprint density at radius 2 is 2.07 bits per heavy atom. The van der Waals surface area contributed by atoms with Crippen LogP contribution < -0.4 is 5.32 Å². The zero-order valence-electron chi connectivity index (χ0n) is 16.3. The van der Waals surface area contributed by atoms with Crippen molar-refractivity contribution < 1.29 is 9.21 Å². The predicted molar refractivity (Wildman–Crippen MR) is 113 cm³/mol. The number of furan rings is 1. The van der Waals surface area contributed by atoms with E-state index in [1.54, 1.807) is 10.9 Å². The Morgan fingerprint density at radius 1 is 1.24 bits per heavy atom. The second-order valence-electron chi connectivity index (χ2n) is 7.25. The Labute approximate surface area is 178 Å². The Morgan fingerprint density at radius 3 is 2.79 bits per heavy atom. The zero-order chi connectivity index (χ0) is 20.2. The van der Waals surface area contributed by atoms with Gasteiger partial charge >= 0.3 is 0 Å². The van der Waals surface area contributed by atoms with E-state index in [-0.39, 0.29) is 11.9 Å². The van der Waals surface area contributed by atoms with Crippen molar-refractivity contribution >= 4 is 21.8 Å². The van der Waals surface area contributed by atoms with Crippen LogP contribution in [0.25, 0.3) is 5.69 Å². The molecule has 152 valence electrons. The first-order valence-electron chi connectivity index (χ1n) is 9.87. The standard InChI is InChI=1S/C21H24BrN5O2/c1-15-20(24-25-27(15)17-8-5-7-16(22)13-17)21(28)23-14-18(19-9-6-12-29-19)26-10-3-2-4-11-26/h5-9,12-13,18H,2-4,10-11,14H2,1H3,(H,23,28). The Bertz CT molecular complexity index is 963. The van der Waals surface area contributed by atoms with Crippen LogP contribution in [-0.4, -0.2) is 45.4 Å². The highest BCUT2D eigenvalue weighted by atomic mass is 79.9. The van der Waals surface area contributed by atoms with E-state index in [0.29, 0.717) is 17.9 Å². The molecule has 1 atom stereocenters. The normalized spacial score (nSPS) is 15.9. The summed E-state index contributed by atoms with van der Waals surface area (Å²) in [5, 5.41) is 11.3. The van der Waals surface area contributed by atoms with E-state index in [0.717, 1.165) is 29.0 Å². The first kappa shape index (κ1) is 19.8. The lowest BCUT2D eigenvalue weighted by Crippen LogP contribution is -2.40. The van der Waals surface area contributed by atoms with Gasteiger partial charge in [0.2, 0.25) is 0 Å². The molecule has 7 nitrogen and oxygen atoms in total. The van der Waals surface area contributed by atoms with E-state index in [9.17, 15) is 4.79 Å². The van der Waals surface area contributed by atoms with Crippen molar-refractivity contribution in [3.05, 3.63) is 64.3 Å². The SMILES string of the molecule is Cc1c(C(=O)NCC(c2ccco2)N2CCCCC2)nnn1-c1cccc(Br)c1. The molecular formula is C21H24BrN5O2. The van der Waals surface area contributed by atoms with E-state index < -0.39 is 0 Å². The number of halogens is 1. The van der Waals surface area contributed by atoms with E-state index in [4.69, 9.17) is 4.42 Å². The van der Waals surface area contributed by atoms with Crippen molar-refractivity contribution in [3.63, 3.8) is 0 Å². The van der Waals surface area contributed by atoms with Gasteiger partial charge in [0.25, 0.3) is 5.91 Å². The maximum absolute atomic E-state index is 12.8. The minimum absolute atomic E-state index is 0.0229. The molecule has 0 spiro atoms. The minimum atomic E-state index is -0.225. The third-order valence-electron chi connectivity index (χ3n) is 5.32. The summed E-state index contributed by atoms with van der Waals surface area (Å²) in [7, 11) is 0. The first-order valence-corrected chi connectivity index (χ1v) is 10.7. The summed E-state index contributed by atoms with van der Waals surface area (Å²) in [5.41, 5.74) is 1.89. The molecule has 4 rings (SSSR count). The van der Waals surface area contributed by atoms with Gasteiger partial charge in [0.05, 0.1) is 23.7 Å². The quantitative estimate of drug-likeness (QED) is 0.607. The molecule has 29 heavy (non-hydrogen) atoms. The lowest BCUT2D eigenvalue weighted by atomic mass is 10.1. The molecule has 3 heterocycles. The molecule has 1 unspecified atom stereocenters. The molecule has 0 bridgehead atoms. The molecule has 0 saturated carbocycles. The molecule has 1 saturated heterocycles. The fourth-order valence-electron chi connectivity index (χ4n) is 3.79. The molecule has 1 amide bonds. The van der Waals surface area contributed by atoms with Gasteiger partial charge in [-0.2, -0.15) is 0 Å². The fraction of sp³-hybridized carbons (Fsp3) is 0.381. The highest BCUT2D eigenvalue weighted by Crippen LogP contribution is 2.25. The number of carbonyl (C=O) groups is 1. The highest BCUT2D eigenvalue weighted by molar-refractivity contribution is 9.10. The highest BCUT2D eigenvalue weighted by Gasteiger charge is 2.26. The lowest BCUT2D eigenvalue weighted by Gasteiger charge is -2.33. The summed E-state index contributed by atoms with van der Waals surface area (Å²) in [5.74, 6) is 0.652. The van der Waals surface area contributed by atoms with Crippen molar-refractivity contribution in [2.45, 2.75) is 32.2 Å². The monoisotopic (exact) mass is 457 g/mol. The zero-order valence-corrected chi connectivity index (χ0v) is 17.9. The molecule has 1 aliphatic heterocycles. The molecule has 0 aliphatic carbocycles.